The molecule has 0 spiro atoms. The Morgan fingerprint density at radius 3 is 2.13 bits per heavy atom. The highest BCUT2D eigenvalue weighted by molar-refractivity contribution is 5.88. The maximum atomic E-state index is 8.29. The molecule has 15 heavy (non-hydrogen) atoms. The molecule has 1 aliphatic carbocycles. The first-order valence-electron chi connectivity index (χ1n) is 6.09. The van der Waals surface area contributed by atoms with Crippen LogP contribution in [0.5, 0.6) is 0 Å². The molecule has 1 N–H and O–H groups in total. The molecular formula is C12H24N2O. The molecule has 0 aromatic carbocycles. The molecule has 0 heterocycles. The Bertz CT molecular complexity index is 206. The van der Waals surface area contributed by atoms with Gasteiger partial charge in [-0.05, 0) is 26.7 Å². The van der Waals surface area contributed by atoms with Gasteiger partial charge in [0.2, 0.25) is 0 Å². The molecule has 0 bridgehead atoms. The lowest BCUT2D eigenvalue weighted by molar-refractivity contribution is 0.00873. The minimum Gasteiger partial charge on any atom is -0.370 e. The molecule has 0 saturated heterocycles. The molecule has 3 nitrogen and oxygen atoms in total. The third-order valence-electron chi connectivity index (χ3n) is 3.56. The largest absolute Gasteiger partial charge is 0.370 e. The van der Waals surface area contributed by atoms with Gasteiger partial charge in [0.25, 0.3) is 0 Å². The van der Waals surface area contributed by atoms with Crippen LogP contribution in [0.25, 0.3) is 0 Å². The van der Waals surface area contributed by atoms with Crippen LogP contribution in [0.1, 0.15) is 46.0 Å². The summed E-state index contributed by atoms with van der Waals surface area (Å²) in [7, 11) is 1.75. The molecule has 0 amide bonds. The third kappa shape index (κ3) is 2.51. The van der Waals surface area contributed by atoms with Crippen molar-refractivity contribution < 1.29 is 4.74 Å². The van der Waals surface area contributed by atoms with Crippen molar-refractivity contribution in [2.75, 3.05) is 20.2 Å². The van der Waals surface area contributed by atoms with Gasteiger partial charge in [-0.1, -0.05) is 19.3 Å². The minimum absolute atomic E-state index is 0.287. The van der Waals surface area contributed by atoms with Crippen LogP contribution in [0.3, 0.4) is 0 Å². The van der Waals surface area contributed by atoms with Gasteiger partial charge in [-0.2, -0.15) is 0 Å². The van der Waals surface area contributed by atoms with Gasteiger partial charge in [0, 0.05) is 20.2 Å². The summed E-state index contributed by atoms with van der Waals surface area (Å²) in [6.45, 7) is 6.01. The molecule has 0 aromatic rings. The molecule has 1 fully saturated rings. The number of nitrogens with zero attached hydrogens (tertiary/aromatic N) is 1. The van der Waals surface area contributed by atoms with Crippen molar-refractivity contribution in [3.05, 3.63) is 0 Å². The number of hydrogen-bond donors (Lipinski definition) is 1. The zero-order chi connectivity index (χ0) is 11.3. The Morgan fingerprint density at radius 2 is 1.73 bits per heavy atom. The monoisotopic (exact) mass is 212 g/mol. The predicted molar refractivity (Wildman–Crippen MR) is 63.5 cm³/mol. The second-order valence-electron chi connectivity index (χ2n) is 4.28. The van der Waals surface area contributed by atoms with Gasteiger partial charge < -0.3 is 9.64 Å². The summed E-state index contributed by atoms with van der Waals surface area (Å²) in [5.41, 5.74) is -0.287. The van der Waals surface area contributed by atoms with Crippen LogP contribution in [-0.4, -0.2) is 36.5 Å². The normalized spacial score (nSPS) is 19.9. The SMILES string of the molecule is CCN(CC)C(=N)C1(OC)CCCCC1. The van der Waals surface area contributed by atoms with Crippen LogP contribution in [-0.2, 0) is 4.74 Å². The second-order valence-corrected chi connectivity index (χ2v) is 4.28. The smallest absolute Gasteiger partial charge is 0.129 e. The quantitative estimate of drug-likeness (QED) is 0.574. The maximum absolute atomic E-state index is 8.29. The lowest BCUT2D eigenvalue weighted by Gasteiger charge is -2.40. The molecule has 0 aromatic heterocycles. The highest BCUT2D eigenvalue weighted by atomic mass is 16.5. The number of methoxy groups -OCH3 is 1. The maximum Gasteiger partial charge on any atom is 0.129 e. The van der Waals surface area contributed by atoms with E-state index < -0.39 is 0 Å². The van der Waals surface area contributed by atoms with E-state index in [2.05, 4.69) is 18.7 Å². The molecule has 1 rings (SSSR count). The Hall–Kier alpha value is -0.570. The van der Waals surface area contributed by atoms with Crippen molar-refractivity contribution in [2.24, 2.45) is 0 Å². The predicted octanol–water partition coefficient (Wildman–Crippen LogP) is 2.65. The van der Waals surface area contributed by atoms with E-state index >= 15 is 0 Å². The van der Waals surface area contributed by atoms with Gasteiger partial charge in [0.05, 0.1) is 0 Å². The van der Waals surface area contributed by atoms with Gasteiger partial charge in [-0.25, -0.2) is 0 Å². The van der Waals surface area contributed by atoms with Crippen LogP contribution < -0.4 is 0 Å². The van der Waals surface area contributed by atoms with E-state index in [1.54, 1.807) is 7.11 Å². The van der Waals surface area contributed by atoms with Crippen molar-refractivity contribution >= 4 is 5.84 Å². The molecule has 0 unspecified atom stereocenters. The van der Waals surface area contributed by atoms with Gasteiger partial charge in [-0.3, -0.25) is 5.41 Å². The molecule has 0 atom stereocenters. The van der Waals surface area contributed by atoms with E-state index in [1.165, 1.54) is 19.3 Å². The van der Waals surface area contributed by atoms with E-state index in [0.29, 0.717) is 5.84 Å². The van der Waals surface area contributed by atoms with Gasteiger partial charge in [-0.15, -0.1) is 0 Å². The first-order valence-corrected chi connectivity index (χ1v) is 6.09. The van der Waals surface area contributed by atoms with Gasteiger partial charge in [0.15, 0.2) is 0 Å². The lowest BCUT2D eigenvalue weighted by Crippen LogP contribution is -2.50. The molecule has 1 saturated carbocycles. The Kier molecular flexibility index (Phi) is 4.58. The number of nitrogens with one attached hydrogen (secondary N) is 1. The topological polar surface area (TPSA) is 36.3 Å². The fourth-order valence-electron chi connectivity index (χ4n) is 2.49. The second kappa shape index (κ2) is 5.50. The Balaban J connectivity index is 2.75. The van der Waals surface area contributed by atoms with E-state index in [9.17, 15) is 0 Å². The summed E-state index contributed by atoms with van der Waals surface area (Å²) in [5.74, 6) is 0.690. The van der Waals surface area contributed by atoms with E-state index in [1.807, 2.05) is 0 Å². The summed E-state index contributed by atoms with van der Waals surface area (Å²) >= 11 is 0. The highest BCUT2D eigenvalue weighted by Gasteiger charge is 2.38. The standard InChI is InChI=1S/C12H24N2O/c1-4-14(5-2)11(13)12(15-3)9-7-6-8-10-12/h13H,4-10H2,1-3H3. The van der Waals surface area contributed by atoms with Crippen molar-refractivity contribution in [1.82, 2.24) is 4.90 Å². The Labute approximate surface area is 93.3 Å². The summed E-state index contributed by atoms with van der Waals surface area (Å²) < 4.78 is 5.66. The number of ether oxygens (including phenoxy) is 1. The Morgan fingerprint density at radius 1 is 1.20 bits per heavy atom. The first kappa shape index (κ1) is 12.5. The zero-order valence-corrected chi connectivity index (χ0v) is 10.3. The molecular weight excluding hydrogens is 188 g/mol. The number of rotatable bonds is 4. The van der Waals surface area contributed by atoms with Crippen molar-refractivity contribution in [3.8, 4) is 0 Å². The lowest BCUT2D eigenvalue weighted by atomic mass is 9.83. The molecule has 0 radical (unpaired) electrons. The molecule has 0 aliphatic heterocycles. The summed E-state index contributed by atoms with van der Waals surface area (Å²) in [5, 5.41) is 8.29. The fraction of sp³-hybridized carbons (Fsp3) is 0.917. The third-order valence-corrected chi connectivity index (χ3v) is 3.56. The summed E-state index contributed by atoms with van der Waals surface area (Å²) in [4.78, 5) is 2.11. The van der Waals surface area contributed by atoms with Crippen LogP contribution >= 0.6 is 0 Å². The van der Waals surface area contributed by atoms with Crippen LogP contribution in [0.15, 0.2) is 0 Å². The zero-order valence-electron chi connectivity index (χ0n) is 10.3. The number of likely N-dealkylation sites (N-methyl/N-ethyl adjacent to an activating group) is 1. The first-order chi connectivity index (χ1) is 7.20. The van der Waals surface area contributed by atoms with Crippen LogP contribution in [0.4, 0.5) is 0 Å². The van der Waals surface area contributed by atoms with E-state index in [4.69, 9.17) is 10.1 Å². The number of amidine groups is 1. The highest BCUT2D eigenvalue weighted by Crippen LogP contribution is 2.32. The summed E-state index contributed by atoms with van der Waals surface area (Å²) in [6.07, 6.45) is 5.70. The van der Waals surface area contributed by atoms with Crippen LogP contribution in [0, 0.1) is 5.41 Å². The van der Waals surface area contributed by atoms with E-state index in [-0.39, 0.29) is 5.60 Å². The van der Waals surface area contributed by atoms with Crippen molar-refractivity contribution in [2.45, 2.75) is 51.6 Å². The minimum atomic E-state index is -0.287. The number of hydrogen-bond acceptors (Lipinski definition) is 2. The molecule has 88 valence electrons. The average Bonchev–Trinajstić information content (AvgIpc) is 2.31. The summed E-state index contributed by atoms with van der Waals surface area (Å²) in [6, 6.07) is 0. The van der Waals surface area contributed by atoms with Crippen molar-refractivity contribution in [1.29, 1.82) is 5.41 Å². The van der Waals surface area contributed by atoms with E-state index in [0.717, 1.165) is 25.9 Å². The van der Waals surface area contributed by atoms with Crippen LogP contribution in [0.2, 0.25) is 0 Å². The van der Waals surface area contributed by atoms with Gasteiger partial charge >= 0.3 is 0 Å². The van der Waals surface area contributed by atoms with Crippen molar-refractivity contribution in [3.63, 3.8) is 0 Å². The van der Waals surface area contributed by atoms with Gasteiger partial charge in [0.1, 0.15) is 11.4 Å². The fourth-order valence-corrected chi connectivity index (χ4v) is 2.49. The molecule has 1 aliphatic rings. The molecule has 3 heteroatoms. The average molecular weight is 212 g/mol.